The van der Waals surface area contributed by atoms with Crippen molar-refractivity contribution >= 4 is 23.6 Å². The van der Waals surface area contributed by atoms with E-state index in [1.807, 2.05) is 30.5 Å². The van der Waals surface area contributed by atoms with E-state index in [1.165, 1.54) is 0 Å². The van der Waals surface area contributed by atoms with Crippen LogP contribution in [-0.4, -0.2) is 17.3 Å². The standard InChI is InChI=1S/C15H16N2O2S/c1-20-13-9-5-3-7-11(13)14(18)16-15-10-6-2-4-8-12(10)17-19-15/h3,5,7,9H,2,4,6,8H2,1H3,(H,16,18). The molecule has 1 aromatic heterocycles. The lowest BCUT2D eigenvalue weighted by molar-refractivity contribution is 0.102. The number of rotatable bonds is 3. The van der Waals surface area contributed by atoms with Gasteiger partial charge in [-0.25, -0.2) is 0 Å². The maximum Gasteiger partial charge on any atom is 0.259 e. The zero-order chi connectivity index (χ0) is 13.9. The molecule has 5 heteroatoms. The molecule has 1 aliphatic carbocycles. The number of fused-ring (bicyclic) bond motifs is 1. The monoisotopic (exact) mass is 288 g/mol. The molecule has 0 radical (unpaired) electrons. The summed E-state index contributed by atoms with van der Waals surface area (Å²) in [5.41, 5.74) is 2.72. The second-order valence-electron chi connectivity index (χ2n) is 4.80. The van der Waals surface area contributed by atoms with Crippen LogP contribution in [-0.2, 0) is 12.8 Å². The number of nitrogens with one attached hydrogen (secondary N) is 1. The number of thioether (sulfide) groups is 1. The van der Waals surface area contributed by atoms with Gasteiger partial charge in [-0.3, -0.25) is 10.1 Å². The van der Waals surface area contributed by atoms with Crippen LogP contribution < -0.4 is 5.32 Å². The zero-order valence-electron chi connectivity index (χ0n) is 11.3. The van der Waals surface area contributed by atoms with Gasteiger partial charge in [-0.2, -0.15) is 0 Å². The van der Waals surface area contributed by atoms with Gasteiger partial charge >= 0.3 is 0 Å². The highest BCUT2D eigenvalue weighted by atomic mass is 32.2. The number of benzene rings is 1. The first kappa shape index (κ1) is 13.2. The molecule has 0 bridgehead atoms. The van der Waals surface area contributed by atoms with E-state index in [9.17, 15) is 4.79 Å². The molecule has 20 heavy (non-hydrogen) atoms. The van der Waals surface area contributed by atoms with Crippen molar-refractivity contribution in [3.8, 4) is 0 Å². The fraction of sp³-hybridized carbons (Fsp3) is 0.333. The van der Waals surface area contributed by atoms with Crippen molar-refractivity contribution in [1.82, 2.24) is 5.16 Å². The number of aromatic nitrogens is 1. The molecule has 0 unspecified atom stereocenters. The fourth-order valence-corrected chi connectivity index (χ4v) is 3.09. The third-order valence-electron chi connectivity index (χ3n) is 3.54. The van der Waals surface area contributed by atoms with Crippen molar-refractivity contribution in [2.75, 3.05) is 11.6 Å². The van der Waals surface area contributed by atoms with Gasteiger partial charge in [0.25, 0.3) is 5.91 Å². The molecule has 2 aromatic rings. The SMILES string of the molecule is CSc1ccccc1C(=O)Nc1onc2c1CCCC2. The molecule has 104 valence electrons. The first-order valence-corrected chi connectivity index (χ1v) is 7.94. The van der Waals surface area contributed by atoms with Gasteiger partial charge in [-0.15, -0.1) is 11.8 Å². The van der Waals surface area contributed by atoms with E-state index < -0.39 is 0 Å². The van der Waals surface area contributed by atoms with Crippen LogP contribution in [0.5, 0.6) is 0 Å². The van der Waals surface area contributed by atoms with Crippen LogP contribution in [0.25, 0.3) is 0 Å². The number of hydrogen-bond donors (Lipinski definition) is 1. The van der Waals surface area contributed by atoms with E-state index in [1.54, 1.807) is 11.8 Å². The number of aryl methyl sites for hydroxylation is 1. The van der Waals surface area contributed by atoms with E-state index in [4.69, 9.17) is 4.52 Å². The fourth-order valence-electron chi connectivity index (χ4n) is 2.49. The van der Waals surface area contributed by atoms with Crippen molar-refractivity contribution < 1.29 is 9.32 Å². The van der Waals surface area contributed by atoms with Crippen LogP contribution in [0.2, 0.25) is 0 Å². The van der Waals surface area contributed by atoms with Gasteiger partial charge in [0.05, 0.1) is 11.3 Å². The Morgan fingerprint density at radius 3 is 2.95 bits per heavy atom. The Hall–Kier alpha value is -1.75. The number of amides is 1. The van der Waals surface area contributed by atoms with Crippen LogP contribution in [0.15, 0.2) is 33.7 Å². The molecule has 1 heterocycles. The molecule has 1 aromatic carbocycles. The van der Waals surface area contributed by atoms with Crippen LogP contribution >= 0.6 is 11.8 Å². The molecule has 1 N–H and O–H groups in total. The van der Waals surface area contributed by atoms with Crippen molar-refractivity contribution in [1.29, 1.82) is 0 Å². The smallest absolute Gasteiger partial charge is 0.259 e. The molecule has 0 fully saturated rings. The lowest BCUT2D eigenvalue weighted by Crippen LogP contribution is -2.14. The Balaban J connectivity index is 1.84. The summed E-state index contributed by atoms with van der Waals surface area (Å²) in [6.45, 7) is 0. The second kappa shape index (κ2) is 5.71. The summed E-state index contributed by atoms with van der Waals surface area (Å²) in [6.07, 6.45) is 6.10. The van der Waals surface area contributed by atoms with Crippen molar-refractivity contribution in [3.63, 3.8) is 0 Å². The summed E-state index contributed by atoms with van der Waals surface area (Å²) in [5.74, 6) is 0.375. The molecule has 4 nitrogen and oxygen atoms in total. The molecule has 1 aliphatic rings. The van der Waals surface area contributed by atoms with Crippen LogP contribution in [0.3, 0.4) is 0 Å². The molecule has 1 amide bonds. The number of anilines is 1. The van der Waals surface area contributed by atoms with E-state index >= 15 is 0 Å². The minimum atomic E-state index is -0.139. The average Bonchev–Trinajstić information content (AvgIpc) is 2.90. The van der Waals surface area contributed by atoms with Gasteiger partial charge in [0, 0.05) is 10.5 Å². The summed E-state index contributed by atoms with van der Waals surface area (Å²) in [7, 11) is 0. The van der Waals surface area contributed by atoms with E-state index in [0.29, 0.717) is 11.4 Å². The normalized spacial score (nSPS) is 13.8. The molecule has 3 rings (SSSR count). The maximum atomic E-state index is 12.4. The highest BCUT2D eigenvalue weighted by molar-refractivity contribution is 7.98. The minimum Gasteiger partial charge on any atom is -0.338 e. The maximum absolute atomic E-state index is 12.4. The van der Waals surface area contributed by atoms with E-state index in [-0.39, 0.29) is 5.91 Å². The summed E-state index contributed by atoms with van der Waals surface area (Å²) in [4.78, 5) is 13.3. The number of nitrogens with zero attached hydrogens (tertiary/aromatic N) is 1. The van der Waals surface area contributed by atoms with Gasteiger partial charge < -0.3 is 4.52 Å². The highest BCUT2D eigenvalue weighted by Gasteiger charge is 2.21. The Morgan fingerprint density at radius 2 is 2.10 bits per heavy atom. The largest absolute Gasteiger partial charge is 0.338 e. The molecular formula is C15H16N2O2S. The second-order valence-corrected chi connectivity index (χ2v) is 5.65. The van der Waals surface area contributed by atoms with Crippen molar-refractivity contribution in [2.24, 2.45) is 0 Å². The van der Waals surface area contributed by atoms with Gasteiger partial charge in [0.1, 0.15) is 0 Å². The zero-order valence-corrected chi connectivity index (χ0v) is 12.1. The van der Waals surface area contributed by atoms with Crippen LogP contribution in [0, 0.1) is 0 Å². The Labute approximate surface area is 121 Å². The Morgan fingerprint density at radius 1 is 1.30 bits per heavy atom. The van der Waals surface area contributed by atoms with Gasteiger partial charge in [0.15, 0.2) is 0 Å². The first-order chi connectivity index (χ1) is 9.79. The lowest BCUT2D eigenvalue weighted by Gasteiger charge is -2.10. The third-order valence-corrected chi connectivity index (χ3v) is 4.33. The van der Waals surface area contributed by atoms with E-state index in [0.717, 1.165) is 41.8 Å². The average molecular weight is 288 g/mol. The van der Waals surface area contributed by atoms with Crippen LogP contribution in [0.1, 0.15) is 34.5 Å². The topological polar surface area (TPSA) is 55.1 Å². The van der Waals surface area contributed by atoms with Gasteiger partial charge in [-0.1, -0.05) is 17.3 Å². The van der Waals surface area contributed by atoms with Crippen molar-refractivity contribution in [3.05, 3.63) is 41.1 Å². The minimum absolute atomic E-state index is 0.139. The molecule has 0 spiro atoms. The number of carbonyl (C=O) groups is 1. The highest BCUT2D eigenvalue weighted by Crippen LogP contribution is 2.28. The molecule has 0 saturated carbocycles. The Kier molecular flexibility index (Phi) is 3.78. The summed E-state index contributed by atoms with van der Waals surface area (Å²) >= 11 is 1.56. The quantitative estimate of drug-likeness (QED) is 0.878. The van der Waals surface area contributed by atoms with Crippen LogP contribution in [0.4, 0.5) is 5.88 Å². The molecule has 0 saturated heterocycles. The predicted octanol–water partition coefficient (Wildman–Crippen LogP) is 3.53. The van der Waals surface area contributed by atoms with E-state index in [2.05, 4.69) is 10.5 Å². The summed E-state index contributed by atoms with van der Waals surface area (Å²) < 4.78 is 5.29. The Bertz CT molecular complexity index is 637. The van der Waals surface area contributed by atoms with Gasteiger partial charge in [0.2, 0.25) is 5.88 Å². The number of carbonyl (C=O) groups excluding carboxylic acids is 1. The molecule has 0 aliphatic heterocycles. The first-order valence-electron chi connectivity index (χ1n) is 6.71. The summed E-state index contributed by atoms with van der Waals surface area (Å²) in [6, 6.07) is 7.56. The summed E-state index contributed by atoms with van der Waals surface area (Å²) in [5, 5.41) is 6.91. The van der Waals surface area contributed by atoms with Crippen molar-refractivity contribution in [2.45, 2.75) is 30.6 Å². The molecular weight excluding hydrogens is 272 g/mol. The predicted molar refractivity (Wildman–Crippen MR) is 79.3 cm³/mol. The molecule has 0 atom stereocenters. The number of hydrogen-bond acceptors (Lipinski definition) is 4. The lowest BCUT2D eigenvalue weighted by atomic mass is 9.97. The van der Waals surface area contributed by atoms with Gasteiger partial charge in [-0.05, 0) is 44.1 Å². The third kappa shape index (κ3) is 2.45.